The molecular formula is C15H11ClN2O2S. The van der Waals surface area contributed by atoms with Gasteiger partial charge < -0.3 is 9.47 Å². The van der Waals surface area contributed by atoms with E-state index in [2.05, 4.69) is 15.3 Å². The summed E-state index contributed by atoms with van der Waals surface area (Å²) >= 11 is 7.96. The number of rotatable bonds is 1. The van der Waals surface area contributed by atoms with E-state index in [1.807, 2.05) is 24.4 Å². The molecular weight excluding hydrogens is 308 g/mol. The lowest BCUT2D eigenvalue weighted by atomic mass is 10.2. The summed E-state index contributed by atoms with van der Waals surface area (Å²) in [6.45, 7) is 3.13. The van der Waals surface area contributed by atoms with Crippen LogP contribution in [0, 0.1) is 6.92 Å². The average Bonchev–Trinajstić information content (AvgIpc) is 2.91. The molecule has 6 heteroatoms. The normalized spacial score (nSPS) is 13.6. The summed E-state index contributed by atoms with van der Waals surface area (Å²) < 4.78 is 11.2. The maximum Gasteiger partial charge on any atom is 0.163 e. The fourth-order valence-electron chi connectivity index (χ4n) is 2.34. The standard InChI is InChI=1S/C15H11ClN2O2S/c1-8-6-21-7-10(8)15-17-11-5-13-12(19-2-3-20-13)4-9(11)14(16)18-15/h4-7H,2-3H2,1H3. The molecule has 2 aromatic heterocycles. The van der Waals surface area contributed by atoms with E-state index in [0.29, 0.717) is 35.7 Å². The molecule has 0 radical (unpaired) electrons. The van der Waals surface area contributed by atoms with Crippen molar-refractivity contribution in [1.29, 1.82) is 0 Å². The summed E-state index contributed by atoms with van der Waals surface area (Å²) in [5, 5.41) is 5.31. The second-order valence-corrected chi connectivity index (χ2v) is 5.92. The van der Waals surface area contributed by atoms with E-state index in [9.17, 15) is 0 Å². The van der Waals surface area contributed by atoms with Gasteiger partial charge in [-0.3, -0.25) is 0 Å². The highest BCUT2D eigenvalue weighted by molar-refractivity contribution is 7.08. The Morgan fingerprint density at radius 2 is 1.86 bits per heavy atom. The fraction of sp³-hybridized carbons (Fsp3) is 0.200. The van der Waals surface area contributed by atoms with E-state index >= 15 is 0 Å². The van der Waals surface area contributed by atoms with E-state index in [0.717, 1.165) is 22.0 Å². The number of nitrogens with zero attached hydrogens (tertiary/aromatic N) is 2. The number of aromatic nitrogens is 2. The first-order chi connectivity index (χ1) is 10.2. The van der Waals surface area contributed by atoms with Crippen molar-refractivity contribution in [1.82, 2.24) is 9.97 Å². The number of benzene rings is 1. The Morgan fingerprint density at radius 3 is 2.57 bits per heavy atom. The van der Waals surface area contributed by atoms with Crippen molar-refractivity contribution in [2.45, 2.75) is 6.92 Å². The zero-order valence-corrected chi connectivity index (χ0v) is 12.8. The van der Waals surface area contributed by atoms with Crippen molar-refractivity contribution in [2.24, 2.45) is 0 Å². The van der Waals surface area contributed by atoms with Gasteiger partial charge in [-0.2, -0.15) is 11.3 Å². The van der Waals surface area contributed by atoms with Crippen LogP contribution < -0.4 is 9.47 Å². The number of hydrogen-bond acceptors (Lipinski definition) is 5. The topological polar surface area (TPSA) is 44.2 Å². The molecule has 1 aliphatic heterocycles. The summed E-state index contributed by atoms with van der Waals surface area (Å²) in [6.07, 6.45) is 0. The van der Waals surface area contributed by atoms with Crippen molar-refractivity contribution in [3.8, 4) is 22.9 Å². The summed E-state index contributed by atoms with van der Waals surface area (Å²) in [5.41, 5.74) is 2.92. The molecule has 0 saturated carbocycles. The molecule has 0 atom stereocenters. The van der Waals surface area contributed by atoms with Gasteiger partial charge in [0.1, 0.15) is 18.4 Å². The molecule has 0 aliphatic carbocycles. The van der Waals surface area contributed by atoms with Crippen molar-refractivity contribution >= 4 is 33.8 Å². The summed E-state index contributed by atoms with van der Waals surface area (Å²) in [6, 6.07) is 3.71. The molecule has 3 aromatic rings. The maximum atomic E-state index is 6.33. The number of halogens is 1. The summed E-state index contributed by atoms with van der Waals surface area (Å²) in [4.78, 5) is 9.04. The second-order valence-electron chi connectivity index (χ2n) is 4.82. The molecule has 0 saturated heterocycles. The Hall–Kier alpha value is -1.85. The molecule has 0 amide bonds. The van der Waals surface area contributed by atoms with Crippen molar-refractivity contribution < 1.29 is 9.47 Å². The predicted molar refractivity (Wildman–Crippen MR) is 83.6 cm³/mol. The van der Waals surface area contributed by atoms with Crippen LogP contribution in [0.3, 0.4) is 0 Å². The molecule has 0 bridgehead atoms. The van der Waals surface area contributed by atoms with E-state index in [4.69, 9.17) is 21.1 Å². The van der Waals surface area contributed by atoms with Gasteiger partial charge in [0, 0.05) is 22.4 Å². The van der Waals surface area contributed by atoms with Gasteiger partial charge in [-0.05, 0) is 23.9 Å². The maximum absolute atomic E-state index is 6.33. The minimum Gasteiger partial charge on any atom is -0.486 e. The van der Waals surface area contributed by atoms with E-state index in [1.54, 1.807) is 11.3 Å². The molecule has 0 fully saturated rings. The monoisotopic (exact) mass is 318 g/mol. The SMILES string of the molecule is Cc1cscc1-c1nc(Cl)c2cc3c(cc2n1)OCCO3. The molecule has 1 aromatic carbocycles. The Morgan fingerprint density at radius 1 is 1.10 bits per heavy atom. The fourth-order valence-corrected chi connectivity index (χ4v) is 3.40. The number of aryl methyl sites for hydroxylation is 1. The molecule has 0 N–H and O–H groups in total. The third-order valence-electron chi connectivity index (χ3n) is 3.41. The van der Waals surface area contributed by atoms with Crippen LogP contribution in [0.15, 0.2) is 22.9 Å². The number of ether oxygens (including phenoxy) is 2. The van der Waals surface area contributed by atoms with Crippen LogP contribution >= 0.6 is 22.9 Å². The lowest BCUT2D eigenvalue weighted by Gasteiger charge is -2.18. The van der Waals surface area contributed by atoms with Gasteiger partial charge >= 0.3 is 0 Å². The Kier molecular flexibility index (Phi) is 2.97. The highest BCUT2D eigenvalue weighted by atomic mass is 35.5. The third kappa shape index (κ3) is 2.13. The van der Waals surface area contributed by atoms with Gasteiger partial charge in [0.25, 0.3) is 0 Å². The van der Waals surface area contributed by atoms with Gasteiger partial charge in [0.15, 0.2) is 17.3 Å². The minimum absolute atomic E-state index is 0.428. The van der Waals surface area contributed by atoms with Gasteiger partial charge in [0.2, 0.25) is 0 Å². The first kappa shape index (κ1) is 12.9. The quantitative estimate of drug-likeness (QED) is 0.634. The lowest BCUT2D eigenvalue weighted by Crippen LogP contribution is -2.15. The van der Waals surface area contributed by atoms with Crippen molar-refractivity contribution in [3.63, 3.8) is 0 Å². The molecule has 4 nitrogen and oxygen atoms in total. The lowest BCUT2D eigenvalue weighted by molar-refractivity contribution is 0.172. The van der Waals surface area contributed by atoms with Crippen molar-refractivity contribution in [2.75, 3.05) is 13.2 Å². The third-order valence-corrected chi connectivity index (χ3v) is 4.56. The Bertz CT molecular complexity index is 847. The van der Waals surface area contributed by atoms with Crippen LogP contribution in [-0.4, -0.2) is 23.2 Å². The highest BCUT2D eigenvalue weighted by Gasteiger charge is 2.17. The van der Waals surface area contributed by atoms with Crippen LogP contribution in [0.25, 0.3) is 22.3 Å². The molecule has 3 heterocycles. The van der Waals surface area contributed by atoms with Crippen molar-refractivity contribution in [3.05, 3.63) is 33.6 Å². The predicted octanol–water partition coefficient (Wildman–Crippen LogP) is 4.09. The van der Waals surface area contributed by atoms with E-state index < -0.39 is 0 Å². The largest absolute Gasteiger partial charge is 0.486 e. The van der Waals surface area contributed by atoms with Crippen LogP contribution in [0.2, 0.25) is 5.15 Å². The first-order valence-electron chi connectivity index (χ1n) is 6.52. The molecule has 21 heavy (non-hydrogen) atoms. The van der Waals surface area contributed by atoms with Crippen LogP contribution in [0.1, 0.15) is 5.56 Å². The van der Waals surface area contributed by atoms with Crippen LogP contribution in [0.5, 0.6) is 11.5 Å². The average molecular weight is 319 g/mol. The molecule has 0 unspecified atom stereocenters. The molecule has 106 valence electrons. The van der Waals surface area contributed by atoms with Gasteiger partial charge in [0.05, 0.1) is 5.52 Å². The number of thiophene rings is 1. The number of hydrogen-bond donors (Lipinski definition) is 0. The van der Waals surface area contributed by atoms with Crippen LogP contribution in [0.4, 0.5) is 0 Å². The summed E-state index contributed by atoms with van der Waals surface area (Å²) in [5.74, 6) is 2.04. The highest BCUT2D eigenvalue weighted by Crippen LogP contribution is 2.37. The van der Waals surface area contributed by atoms with E-state index in [-0.39, 0.29) is 0 Å². The van der Waals surface area contributed by atoms with Gasteiger partial charge in [-0.1, -0.05) is 11.6 Å². The number of fused-ring (bicyclic) bond motifs is 2. The van der Waals surface area contributed by atoms with Crippen LogP contribution in [-0.2, 0) is 0 Å². The zero-order valence-electron chi connectivity index (χ0n) is 11.2. The summed E-state index contributed by atoms with van der Waals surface area (Å²) in [7, 11) is 0. The minimum atomic E-state index is 0.428. The molecule has 0 spiro atoms. The Labute approximate surface area is 130 Å². The van der Waals surface area contributed by atoms with Gasteiger partial charge in [-0.25, -0.2) is 9.97 Å². The van der Waals surface area contributed by atoms with Gasteiger partial charge in [-0.15, -0.1) is 0 Å². The molecule has 4 rings (SSSR count). The first-order valence-corrected chi connectivity index (χ1v) is 7.84. The van der Waals surface area contributed by atoms with E-state index in [1.165, 1.54) is 0 Å². The second kappa shape index (κ2) is 4.86. The Balaban J connectivity index is 1.95. The molecule has 1 aliphatic rings. The zero-order chi connectivity index (χ0) is 14.4. The smallest absolute Gasteiger partial charge is 0.163 e.